The summed E-state index contributed by atoms with van der Waals surface area (Å²) in [6, 6.07) is 13.4. The number of aromatic amines is 1. The Morgan fingerprint density at radius 3 is 2.73 bits per heavy atom. The number of H-pyrrole nitrogens is 1. The highest BCUT2D eigenvalue weighted by Crippen LogP contribution is 2.36. The number of alkyl halides is 3. The zero-order valence-corrected chi connectivity index (χ0v) is 20.6. The van der Waals surface area contributed by atoms with E-state index in [4.69, 9.17) is 5.21 Å². The van der Waals surface area contributed by atoms with Gasteiger partial charge in [0.25, 0.3) is 5.91 Å². The summed E-state index contributed by atoms with van der Waals surface area (Å²) in [7, 11) is -5.43. The van der Waals surface area contributed by atoms with Crippen LogP contribution in [0.3, 0.4) is 0 Å². The first-order valence-corrected chi connectivity index (χ1v) is 13.2. The Labute approximate surface area is 212 Å². The molecule has 8 nitrogen and oxygen atoms in total. The summed E-state index contributed by atoms with van der Waals surface area (Å²) in [4.78, 5) is 16.5. The van der Waals surface area contributed by atoms with E-state index in [1.807, 2.05) is 53.6 Å². The van der Waals surface area contributed by atoms with Gasteiger partial charge in [-0.15, -0.1) is 0 Å². The molecule has 1 atom stereocenters. The van der Waals surface area contributed by atoms with Gasteiger partial charge in [0.05, 0.1) is 0 Å². The quantitative estimate of drug-likeness (QED) is 0.179. The van der Waals surface area contributed by atoms with E-state index in [0.29, 0.717) is 13.0 Å². The lowest BCUT2D eigenvalue weighted by molar-refractivity contribution is -0.124. The van der Waals surface area contributed by atoms with Gasteiger partial charge in [-0.2, -0.15) is 13.2 Å². The molecule has 1 unspecified atom stereocenters. The second kappa shape index (κ2) is 11.1. The van der Waals surface area contributed by atoms with Crippen LogP contribution in [0.4, 0.5) is 13.2 Å². The molecule has 4 rings (SSSR count). The predicted octanol–water partition coefficient (Wildman–Crippen LogP) is 3.66. The van der Waals surface area contributed by atoms with Crippen LogP contribution < -0.4 is 10.2 Å². The average Bonchev–Trinajstić information content (AvgIpc) is 3.47. The molecule has 3 aromatic rings. The molecule has 1 heterocycles. The number of carbonyl (C=O) groups excluding carboxylic acids is 1. The first-order valence-electron chi connectivity index (χ1n) is 11.7. The molecular formula is C25H27F3N4O4S. The maximum absolute atomic E-state index is 12.8. The second-order valence-electron chi connectivity index (χ2n) is 8.81. The van der Waals surface area contributed by atoms with Crippen LogP contribution >= 0.6 is 0 Å². The molecule has 1 aromatic heterocycles. The van der Waals surface area contributed by atoms with Gasteiger partial charge in [0.1, 0.15) is 0 Å². The third-order valence-corrected chi connectivity index (χ3v) is 7.72. The standard InChI is InChI=1S/C25H27F3N4O4S/c26-25(27,28)37(35,36)30-12-14-32(13-11-19-16-29-22-4-2-1-3-20(19)22)23-9-7-18-15-17(5-8-21(18)23)6-10-24(33)31-34/h1-6,8,10,15-16,23,29-30,34H,7,9,11-14H2,(H,31,33). The fourth-order valence-corrected chi connectivity index (χ4v) is 5.26. The predicted molar refractivity (Wildman–Crippen MR) is 133 cm³/mol. The summed E-state index contributed by atoms with van der Waals surface area (Å²) < 4.78 is 63.1. The number of para-hydroxylation sites is 1. The average molecular weight is 537 g/mol. The normalized spacial score (nSPS) is 16.1. The first kappa shape index (κ1) is 26.9. The molecule has 0 spiro atoms. The zero-order valence-electron chi connectivity index (χ0n) is 19.8. The third kappa shape index (κ3) is 6.21. The van der Waals surface area contributed by atoms with Gasteiger partial charge in [0, 0.05) is 48.9 Å². The Kier molecular flexibility index (Phi) is 8.02. The molecule has 1 amide bonds. The van der Waals surface area contributed by atoms with Gasteiger partial charge in [0.2, 0.25) is 0 Å². The summed E-state index contributed by atoms with van der Waals surface area (Å²) in [6.07, 6.45) is 6.76. The molecule has 0 bridgehead atoms. The van der Waals surface area contributed by atoms with Crippen LogP contribution in [0.15, 0.2) is 54.7 Å². The molecule has 0 saturated heterocycles. The lowest BCUT2D eigenvalue weighted by Crippen LogP contribution is -2.42. The number of aryl methyl sites for hydroxylation is 1. The number of halogens is 3. The van der Waals surface area contributed by atoms with E-state index >= 15 is 0 Å². The lowest BCUT2D eigenvalue weighted by Gasteiger charge is -2.30. The number of rotatable bonds is 10. The summed E-state index contributed by atoms with van der Waals surface area (Å²) in [6.45, 7) is 0.233. The van der Waals surface area contributed by atoms with Gasteiger partial charge in [-0.25, -0.2) is 18.6 Å². The van der Waals surface area contributed by atoms with E-state index in [-0.39, 0.29) is 19.1 Å². The summed E-state index contributed by atoms with van der Waals surface area (Å²) >= 11 is 0. The van der Waals surface area contributed by atoms with Crippen molar-refractivity contribution in [3.05, 3.63) is 77.0 Å². The van der Waals surface area contributed by atoms with E-state index in [9.17, 15) is 26.4 Å². The lowest BCUT2D eigenvalue weighted by atomic mass is 10.0. The number of amides is 1. The van der Waals surface area contributed by atoms with Gasteiger partial charge in [-0.3, -0.25) is 14.9 Å². The summed E-state index contributed by atoms with van der Waals surface area (Å²) in [5.41, 5.74) is 1.06. The van der Waals surface area contributed by atoms with Gasteiger partial charge >= 0.3 is 15.5 Å². The van der Waals surface area contributed by atoms with Crippen LogP contribution in [-0.2, 0) is 27.7 Å². The van der Waals surface area contributed by atoms with Crippen LogP contribution in [0.1, 0.15) is 34.7 Å². The van der Waals surface area contributed by atoms with Crippen molar-refractivity contribution in [3.63, 3.8) is 0 Å². The molecule has 4 N–H and O–H groups in total. The SMILES string of the molecule is O=C(C=Cc1ccc2c(c1)CCC2N(CCNS(=O)(=O)C(F)(F)F)CCc1c[nH]c2ccccc12)NO. The Hall–Kier alpha value is -3.19. The number of carbonyl (C=O) groups is 1. The highest BCUT2D eigenvalue weighted by molar-refractivity contribution is 7.90. The topological polar surface area (TPSA) is 115 Å². The van der Waals surface area contributed by atoms with Crippen molar-refractivity contribution in [1.82, 2.24) is 20.1 Å². The van der Waals surface area contributed by atoms with Gasteiger partial charge in [-0.05, 0) is 53.7 Å². The number of aromatic nitrogens is 1. The Morgan fingerprint density at radius 2 is 1.97 bits per heavy atom. The van der Waals surface area contributed by atoms with Gasteiger partial charge in [-0.1, -0.05) is 36.4 Å². The number of benzene rings is 2. The van der Waals surface area contributed by atoms with Crippen LogP contribution in [0.5, 0.6) is 0 Å². The highest BCUT2D eigenvalue weighted by atomic mass is 32.2. The van der Waals surface area contributed by atoms with Gasteiger partial charge < -0.3 is 4.98 Å². The number of sulfonamides is 1. The second-order valence-corrected chi connectivity index (χ2v) is 10.6. The smallest absolute Gasteiger partial charge is 0.361 e. The molecule has 12 heteroatoms. The Balaban J connectivity index is 1.53. The van der Waals surface area contributed by atoms with E-state index in [0.717, 1.165) is 46.0 Å². The van der Waals surface area contributed by atoms with Crippen molar-refractivity contribution in [2.75, 3.05) is 19.6 Å². The summed E-state index contributed by atoms with van der Waals surface area (Å²) in [5.74, 6) is -0.650. The van der Waals surface area contributed by atoms with E-state index < -0.39 is 21.4 Å². The minimum absolute atomic E-state index is 0.0973. The Bertz CT molecular complexity index is 1400. The fourth-order valence-electron chi connectivity index (χ4n) is 4.74. The van der Waals surface area contributed by atoms with Crippen molar-refractivity contribution in [1.29, 1.82) is 0 Å². The monoisotopic (exact) mass is 536 g/mol. The molecule has 0 radical (unpaired) electrons. The van der Waals surface area contributed by atoms with Crippen LogP contribution in [0.2, 0.25) is 0 Å². The fraction of sp³-hybridized carbons (Fsp3) is 0.320. The molecule has 1 aliphatic carbocycles. The van der Waals surface area contributed by atoms with Crippen molar-refractivity contribution >= 4 is 32.9 Å². The van der Waals surface area contributed by atoms with E-state index in [2.05, 4.69) is 4.98 Å². The van der Waals surface area contributed by atoms with Crippen molar-refractivity contribution in [3.8, 4) is 0 Å². The van der Waals surface area contributed by atoms with E-state index in [1.165, 1.54) is 11.6 Å². The number of hydrogen-bond acceptors (Lipinski definition) is 5. The summed E-state index contributed by atoms with van der Waals surface area (Å²) in [5, 5.41) is 9.71. The van der Waals surface area contributed by atoms with E-state index in [1.54, 1.807) is 10.8 Å². The maximum Gasteiger partial charge on any atom is 0.511 e. The number of nitrogens with zero attached hydrogens (tertiary/aromatic N) is 1. The molecule has 1 aliphatic rings. The number of hydroxylamine groups is 1. The third-order valence-electron chi connectivity index (χ3n) is 6.53. The van der Waals surface area contributed by atoms with Crippen LogP contribution in [0, 0.1) is 0 Å². The van der Waals surface area contributed by atoms with Crippen molar-refractivity contribution in [2.24, 2.45) is 0 Å². The van der Waals surface area contributed by atoms with Gasteiger partial charge in [0.15, 0.2) is 0 Å². The zero-order chi connectivity index (χ0) is 26.6. The molecular weight excluding hydrogens is 509 g/mol. The molecule has 0 fully saturated rings. The molecule has 37 heavy (non-hydrogen) atoms. The number of nitrogens with one attached hydrogen (secondary N) is 3. The maximum atomic E-state index is 12.8. The number of hydrogen-bond donors (Lipinski definition) is 4. The number of fused-ring (bicyclic) bond motifs is 2. The minimum atomic E-state index is -5.43. The largest absolute Gasteiger partial charge is 0.511 e. The van der Waals surface area contributed by atoms with Crippen molar-refractivity contribution in [2.45, 2.75) is 30.8 Å². The Morgan fingerprint density at radius 1 is 1.19 bits per heavy atom. The first-order chi connectivity index (χ1) is 17.6. The molecule has 0 saturated carbocycles. The van der Waals surface area contributed by atoms with Crippen LogP contribution in [0.25, 0.3) is 17.0 Å². The van der Waals surface area contributed by atoms with Crippen molar-refractivity contribution < 1.29 is 31.6 Å². The molecule has 198 valence electrons. The van der Waals surface area contributed by atoms with Crippen LogP contribution in [-0.4, -0.2) is 54.6 Å². The molecule has 2 aromatic carbocycles. The minimum Gasteiger partial charge on any atom is -0.361 e. The highest BCUT2D eigenvalue weighted by Gasteiger charge is 2.45. The molecule has 0 aliphatic heterocycles.